The van der Waals surface area contributed by atoms with Crippen LogP contribution < -0.4 is 4.74 Å². The van der Waals surface area contributed by atoms with Crippen molar-refractivity contribution in [3.05, 3.63) is 24.0 Å². The van der Waals surface area contributed by atoms with Gasteiger partial charge in [-0.15, -0.1) is 11.6 Å². The Balaban J connectivity index is 2.45. The van der Waals surface area contributed by atoms with E-state index in [1.807, 2.05) is 25.1 Å². The van der Waals surface area contributed by atoms with E-state index in [0.717, 1.165) is 22.6 Å². The molecule has 0 aliphatic rings. The van der Waals surface area contributed by atoms with Crippen LogP contribution in [0.3, 0.4) is 0 Å². The van der Waals surface area contributed by atoms with Gasteiger partial charge in [0, 0.05) is 12.7 Å². The van der Waals surface area contributed by atoms with Crippen molar-refractivity contribution < 1.29 is 9.47 Å². The number of alkyl halides is 1. The van der Waals surface area contributed by atoms with Crippen LogP contribution in [0.5, 0.6) is 5.75 Å². The standard InChI is InChI=1S/C15H21ClN2O2/c1-5-20-15(2,3)10-18-13-7-6-11(19-4)8-12(13)17-14(18)9-16/h6-8H,5,9-10H2,1-4H3. The number of fused-ring (bicyclic) bond motifs is 1. The second kappa shape index (κ2) is 6.02. The summed E-state index contributed by atoms with van der Waals surface area (Å²) in [7, 11) is 1.65. The molecule has 0 bridgehead atoms. The molecule has 1 heterocycles. The van der Waals surface area contributed by atoms with Crippen molar-refractivity contribution in [3.63, 3.8) is 0 Å². The molecule has 110 valence electrons. The Kier molecular flexibility index (Phi) is 4.55. The maximum atomic E-state index is 6.03. The first-order chi connectivity index (χ1) is 9.50. The van der Waals surface area contributed by atoms with Crippen LogP contribution in [0.4, 0.5) is 0 Å². The van der Waals surface area contributed by atoms with E-state index in [-0.39, 0.29) is 5.60 Å². The van der Waals surface area contributed by atoms with Crippen molar-refractivity contribution in [2.45, 2.75) is 38.8 Å². The van der Waals surface area contributed by atoms with E-state index in [1.54, 1.807) is 7.11 Å². The Morgan fingerprint density at radius 1 is 1.35 bits per heavy atom. The second-order valence-electron chi connectivity index (χ2n) is 5.30. The SMILES string of the molecule is CCOC(C)(C)Cn1c(CCl)nc2cc(OC)ccc21. The van der Waals surface area contributed by atoms with Crippen LogP contribution in [-0.2, 0) is 17.2 Å². The third kappa shape index (κ3) is 3.07. The number of hydrogen-bond acceptors (Lipinski definition) is 3. The van der Waals surface area contributed by atoms with E-state index in [1.165, 1.54) is 0 Å². The topological polar surface area (TPSA) is 36.3 Å². The number of benzene rings is 1. The number of ether oxygens (including phenoxy) is 2. The van der Waals surface area contributed by atoms with Gasteiger partial charge in [0.1, 0.15) is 11.6 Å². The molecule has 2 rings (SSSR count). The fourth-order valence-corrected chi connectivity index (χ4v) is 2.59. The molecule has 2 aromatic rings. The van der Waals surface area contributed by atoms with E-state index < -0.39 is 0 Å². The first kappa shape index (κ1) is 15.1. The van der Waals surface area contributed by atoms with Gasteiger partial charge in [-0.1, -0.05) is 0 Å². The number of hydrogen-bond donors (Lipinski definition) is 0. The molecule has 0 amide bonds. The highest BCUT2D eigenvalue weighted by Crippen LogP contribution is 2.25. The molecule has 0 spiro atoms. The molecule has 1 aromatic heterocycles. The summed E-state index contributed by atoms with van der Waals surface area (Å²) < 4.78 is 13.1. The summed E-state index contributed by atoms with van der Waals surface area (Å²) in [6.45, 7) is 7.55. The lowest BCUT2D eigenvalue weighted by atomic mass is 10.1. The molecule has 0 N–H and O–H groups in total. The molecule has 0 aliphatic carbocycles. The lowest BCUT2D eigenvalue weighted by Crippen LogP contribution is -2.31. The van der Waals surface area contributed by atoms with Crippen molar-refractivity contribution in [2.75, 3.05) is 13.7 Å². The first-order valence-corrected chi connectivity index (χ1v) is 7.27. The molecule has 0 saturated carbocycles. The lowest BCUT2D eigenvalue weighted by Gasteiger charge is -2.26. The second-order valence-corrected chi connectivity index (χ2v) is 5.56. The third-order valence-electron chi connectivity index (χ3n) is 3.23. The Hall–Kier alpha value is -1.26. The third-order valence-corrected chi connectivity index (χ3v) is 3.47. The number of methoxy groups -OCH3 is 1. The molecule has 0 unspecified atom stereocenters. The van der Waals surface area contributed by atoms with E-state index in [9.17, 15) is 0 Å². The number of aromatic nitrogens is 2. The van der Waals surface area contributed by atoms with Gasteiger partial charge < -0.3 is 14.0 Å². The maximum Gasteiger partial charge on any atom is 0.124 e. The number of imidazole rings is 1. The Morgan fingerprint density at radius 2 is 2.10 bits per heavy atom. The van der Waals surface area contributed by atoms with Gasteiger partial charge in [0.15, 0.2) is 0 Å². The smallest absolute Gasteiger partial charge is 0.124 e. The summed E-state index contributed by atoms with van der Waals surface area (Å²) in [5.41, 5.74) is 1.69. The van der Waals surface area contributed by atoms with Crippen molar-refractivity contribution in [1.29, 1.82) is 0 Å². The van der Waals surface area contributed by atoms with Gasteiger partial charge in [-0.05, 0) is 32.9 Å². The summed E-state index contributed by atoms with van der Waals surface area (Å²) >= 11 is 6.03. The Labute approximate surface area is 124 Å². The summed E-state index contributed by atoms with van der Waals surface area (Å²) in [6.07, 6.45) is 0. The molecule has 0 saturated heterocycles. The molecule has 0 fully saturated rings. The molecule has 0 aliphatic heterocycles. The van der Waals surface area contributed by atoms with Gasteiger partial charge in [0.05, 0.1) is 36.2 Å². The number of nitrogens with zero attached hydrogens (tertiary/aromatic N) is 2. The fourth-order valence-electron chi connectivity index (χ4n) is 2.38. The van der Waals surface area contributed by atoms with Crippen LogP contribution in [0.15, 0.2) is 18.2 Å². The summed E-state index contributed by atoms with van der Waals surface area (Å²) in [6, 6.07) is 5.88. The van der Waals surface area contributed by atoms with Crippen molar-refractivity contribution in [3.8, 4) is 5.75 Å². The molecular formula is C15H21ClN2O2. The van der Waals surface area contributed by atoms with Gasteiger partial charge in [-0.25, -0.2) is 4.98 Å². The van der Waals surface area contributed by atoms with Crippen LogP contribution in [-0.4, -0.2) is 28.9 Å². The van der Waals surface area contributed by atoms with Crippen LogP contribution >= 0.6 is 11.6 Å². The highest BCUT2D eigenvalue weighted by atomic mass is 35.5. The lowest BCUT2D eigenvalue weighted by molar-refractivity contribution is -0.0220. The zero-order valence-electron chi connectivity index (χ0n) is 12.4. The Bertz CT molecular complexity index is 593. The molecule has 5 heteroatoms. The van der Waals surface area contributed by atoms with Crippen LogP contribution in [0, 0.1) is 0 Å². The minimum absolute atomic E-state index is 0.261. The van der Waals surface area contributed by atoms with Gasteiger partial charge in [-0.2, -0.15) is 0 Å². The number of rotatable bonds is 6. The zero-order valence-corrected chi connectivity index (χ0v) is 13.2. The summed E-state index contributed by atoms with van der Waals surface area (Å²) in [4.78, 5) is 4.58. The minimum atomic E-state index is -0.261. The van der Waals surface area contributed by atoms with Crippen LogP contribution in [0.25, 0.3) is 11.0 Å². The molecule has 20 heavy (non-hydrogen) atoms. The minimum Gasteiger partial charge on any atom is -0.497 e. The molecule has 1 aromatic carbocycles. The molecule has 0 atom stereocenters. The summed E-state index contributed by atoms with van der Waals surface area (Å²) in [5.74, 6) is 2.02. The monoisotopic (exact) mass is 296 g/mol. The van der Waals surface area contributed by atoms with E-state index in [0.29, 0.717) is 19.0 Å². The van der Waals surface area contributed by atoms with Crippen LogP contribution in [0.2, 0.25) is 0 Å². The normalized spacial score (nSPS) is 12.1. The average molecular weight is 297 g/mol. The molecule has 0 radical (unpaired) electrons. The average Bonchev–Trinajstić information content (AvgIpc) is 2.75. The van der Waals surface area contributed by atoms with Crippen molar-refractivity contribution in [2.24, 2.45) is 0 Å². The van der Waals surface area contributed by atoms with Gasteiger partial charge in [0.25, 0.3) is 0 Å². The first-order valence-electron chi connectivity index (χ1n) is 6.74. The zero-order chi connectivity index (χ0) is 14.8. The van der Waals surface area contributed by atoms with Crippen LogP contribution in [0.1, 0.15) is 26.6 Å². The summed E-state index contributed by atoms with van der Waals surface area (Å²) in [5, 5.41) is 0. The molecular weight excluding hydrogens is 276 g/mol. The molecule has 4 nitrogen and oxygen atoms in total. The highest BCUT2D eigenvalue weighted by Gasteiger charge is 2.22. The predicted molar refractivity (Wildman–Crippen MR) is 81.5 cm³/mol. The Morgan fingerprint density at radius 3 is 2.70 bits per heavy atom. The van der Waals surface area contributed by atoms with E-state index in [4.69, 9.17) is 21.1 Å². The largest absolute Gasteiger partial charge is 0.497 e. The van der Waals surface area contributed by atoms with E-state index >= 15 is 0 Å². The maximum absolute atomic E-state index is 6.03. The van der Waals surface area contributed by atoms with Crippen molar-refractivity contribution in [1.82, 2.24) is 9.55 Å². The van der Waals surface area contributed by atoms with Gasteiger partial charge >= 0.3 is 0 Å². The van der Waals surface area contributed by atoms with Crippen molar-refractivity contribution >= 4 is 22.6 Å². The predicted octanol–water partition coefficient (Wildman–Crippen LogP) is 3.60. The van der Waals surface area contributed by atoms with E-state index in [2.05, 4.69) is 23.4 Å². The quantitative estimate of drug-likeness (QED) is 0.764. The highest BCUT2D eigenvalue weighted by molar-refractivity contribution is 6.16. The fraction of sp³-hybridized carbons (Fsp3) is 0.533. The van der Waals surface area contributed by atoms with Gasteiger partial charge in [-0.3, -0.25) is 0 Å². The number of halogens is 1. The van der Waals surface area contributed by atoms with Gasteiger partial charge in [0.2, 0.25) is 0 Å².